The minimum Gasteiger partial charge on any atom is -0.399 e. The molecular formula is C8H6Cl3N3. The van der Waals surface area contributed by atoms with Crippen LogP contribution in [0, 0.1) is 0 Å². The van der Waals surface area contributed by atoms with Crippen molar-refractivity contribution in [1.29, 1.82) is 0 Å². The number of rotatable bonds is 0. The Morgan fingerprint density at radius 3 is 2.64 bits per heavy atom. The van der Waals surface area contributed by atoms with E-state index in [1.807, 2.05) is 0 Å². The highest BCUT2D eigenvalue weighted by Crippen LogP contribution is 2.37. The van der Waals surface area contributed by atoms with Gasteiger partial charge in [0.2, 0.25) is 3.79 Å². The van der Waals surface area contributed by atoms with Gasteiger partial charge in [0.25, 0.3) is 0 Å². The first kappa shape index (κ1) is 9.90. The number of halogens is 3. The van der Waals surface area contributed by atoms with Gasteiger partial charge in [0.05, 0.1) is 11.0 Å². The van der Waals surface area contributed by atoms with E-state index in [1.165, 1.54) is 0 Å². The molecule has 14 heavy (non-hydrogen) atoms. The number of H-pyrrole nitrogens is 1. The highest BCUT2D eigenvalue weighted by molar-refractivity contribution is 6.66. The number of aromatic nitrogens is 2. The van der Waals surface area contributed by atoms with Crippen molar-refractivity contribution in [3.8, 4) is 0 Å². The van der Waals surface area contributed by atoms with Gasteiger partial charge in [-0.25, -0.2) is 4.98 Å². The van der Waals surface area contributed by atoms with E-state index in [0.717, 1.165) is 11.0 Å². The van der Waals surface area contributed by atoms with Crippen molar-refractivity contribution in [3.63, 3.8) is 0 Å². The van der Waals surface area contributed by atoms with Gasteiger partial charge in [-0.3, -0.25) is 0 Å². The second-order valence-corrected chi connectivity index (χ2v) is 5.14. The summed E-state index contributed by atoms with van der Waals surface area (Å²) in [6, 6.07) is 5.24. The Bertz CT molecular complexity index is 472. The summed E-state index contributed by atoms with van der Waals surface area (Å²) >= 11 is 17.0. The zero-order valence-electron chi connectivity index (χ0n) is 6.89. The molecule has 0 spiro atoms. The van der Waals surface area contributed by atoms with Crippen molar-refractivity contribution in [1.82, 2.24) is 9.97 Å². The van der Waals surface area contributed by atoms with E-state index in [4.69, 9.17) is 40.5 Å². The fraction of sp³-hybridized carbons (Fsp3) is 0.125. The summed E-state index contributed by atoms with van der Waals surface area (Å²) in [5.74, 6) is 0.295. The van der Waals surface area contributed by atoms with Crippen molar-refractivity contribution in [2.24, 2.45) is 0 Å². The Labute approximate surface area is 95.2 Å². The van der Waals surface area contributed by atoms with Crippen LogP contribution in [0.3, 0.4) is 0 Å². The molecule has 3 N–H and O–H groups in total. The van der Waals surface area contributed by atoms with Crippen molar-refractivity contribution >= 4 is 51.5 Å². The Balaban J connectivity index is 2.63. The molecule has 3 nitrogen and oxygen atoms in total. The first-order valence-corrected chi connectivity index (χ1v) is 4.92. The molecule has 2 rings (SSSR count). The predicted molar refractivity (Wildman–Crippen MR) is 59.7 cm³/mol. The van der Waals surface area contributed by atoms with E-state index in [9.17, 15) is 0 Å². The summed E-state index contributed by atoms with van der Waals surface area (Å²) in [6.07, 6.45) is 0. The van der Waals surface area contributed by atoms with E-state index in [2.05, 4.69) is 9.97 Å². The van der Waals surface area contributed by atoms with Crippen LogP contribution in [-0.4, -0.2) is 9.97 Å². The molecule has 2 aromatic rings. The fourth-order valence-electron chi connectivity index (χ4n) is 1.16. The van der Waals surface area contributed by atoms with Gasteiger partial charge in [0.15, 0.2) is 5.82 Å². The van der Waals surface area contributed by atoms with Gasteiger partial charge in [0.1, 0.15) is 0 Å². The molecule has 0 unspecified atom stereocenters. The fourth-order valence-corrected chi connectivity index (χ4v) is 1.43. The molecule has 0 aliphatic heterocycles. The Morgan fingerprint density at radius 1 is 1.29 bits per heavy atom. The molecule has 0 aliphatic rings. The van der Waals surface area contributed by atoms with Gasteiger partial charge in [-0.05, 0) is 18.2 Å². The maximum atomic E-state index is 5.68. The van der Waals surface area contributed by atoms with Gasteiger partial charge in [-0.1, -0.05) is 34.8 Å². The van der Waals surface area contributed by atoms with Crippen LogP contribution in [0.5, 0.6) is 0 Å². The number of hydrogen-bond donors (Lipinski definition) is 2. The molecule has 0 saturated heterocycles. The molecule has 0 atom stereocenters. The zero-order valence-corrected chi connectivity index (χ0v) is 9.16. The number of nitrogen functional groups attached to an aromatic ring is 1. The number of nitrogens with two attached hydrogens (primary N) is 1. The molecule has 1 aromatic heterocycles. The third kappa shape index (κ3) is 1.75. The van der Waals surface area contributed by atoms with Gasteiger partial charge in [-0.15, -0.1) is 0 Å². The van der Waals surface area contributed by atoms with Crippen LogP contribution in [0.15, 0.2) is 18.2 Å². The monoisotopic (exact) mass is 249 g/mol. The summed E-state index contributed by atoms with van der Waals surface area (Å²) < 4.78 is -1.53. The number of aromatic amines is 1. The average molecular weight is 251 g/mol. The lowest BCUT2D eigenvalue weighted by Gasteiger charge is -2.04. The second kappa shape index (κ2) is 3.19. The summed E-state index contributed by atoms with van der Waals surface area (Å²) in [5, 5.41) is 0. The van der Waals surface area contributed by atoms with Crippen LogP contribution in [-0.2, 0) is 3.79 Å². The molecule has 74 valence electrons. The van der Waals surface area contributed by atoms with Crippen LogP contribution in [0.1, 0.15) is 5.82 Å². The lowest BCUT2D eigenvalue weighted by Crippen LogP contribution is -2.01. The Hall–Kier alpha value is -0.640. The topological polar surface area (TPSA) is 54.7 Å². The smallest absolute Gasteiger partial charge is 0.248 e. The first-order valence-electron chi connectivity index (χ1n) is 3.79. The highest BCUT2D eigenvalue weighted by atomic mass is 35.6. The zero-order chi connectivity index (χ0) is 10.3. The molecule has 1 aromatic carbocycles. The number of nitrogens with zero attached hydrogens (tertiary/aromatic N) is 1. The predicted octanol–water partition coefficient (Wildman–Crippen LogP) is 2.97. The number of anilines is 1. The van der Waals surface area contributed by atoms with Crippen molar-refractivity contribution < 1.29 is 0 Å². The quantitative estimate of drug-likeness (QED) is 0.558. The molecule has 1 heterocycles. The minimum atomic E-state index is -1.53. The third-order valence-electron chi connectivity index (χ3n) is 1.77. The van der Waals surface area contributed by atoms with Crippen LogP contribution < -0.4 is 5.73 Å². The molecule has 0 amide bonds. The Morgan fingerprint density at radius 2 is 2.00 bits per heavy atom. The largest absolute Gasteiger partial charge is 0.399 e. The molecule has 0 fully saturated rings. The standard InChI is InChI=1S/C8H6Cl3N3/c9-8(10,11)7-13-5-2-1-4(12)3-6(5)14-7/h1-3H,12H2,(H,13,14). The summed E-state index contributed by atoms with van der Waals surface area (Å²) in [6.45, 7) is 0. The lowest BCUT2D eigenvalue weighted by molar-refractivity contribution is 1.05. The molecule has 0 radical (unpaired) electrons. The van der Waals surface area contributed by atoms with Crippen molar-refractivity contribution in [3.05, 3.63) is 24.0 Å². The number of imidazole rings is 1. The number of alkyl halides is 3. The normalized spacial score (nSPS) is 12.2. The van der Waals surface area contributed by atoms with Gasteiger partial charge in [0, 0.05) is 5.69 Å². The highest BCUT2D eigenvalue weighted by Gasteiger charge is 2.26. The Kier molecular flexibility index (Phi) is 2.26. The van der Waals surface area contributed by atoms with E-state index < -0.39 is 3.79 Å². The van der Waals surface area contributed by atoms with E-state index >= 15 is 0 Å². The average Bonchev–Trinajstić information content (AvgIpc) is 2.45. The minimum absolute atomic E-state index is 0.295. The summed E-state index contributed by atoms with van der Waals surface area (Å²) in [5.41, 5.74) is 7.71. The van der Waals surface area contributed by atoms with Gasteiger partial charge < -0.3 is 10.7 Å². The maximum absolute atomic E-state index is 5.68. The first-order chi connectivity index (χ1) is 6.47. The van der Waals surface area contributed by atoms with Crippen LogP contribution in [0.2, 0.25) is 0 Å². The number of fused-ring (bicyclic) bond motifs is 1. The van der Waals surface area contributed by atoms with Gasteiger partial charge >= 0.3 is 0 Å². The van der Waals surface area contributed by atoms with Crippen molar-refractivity contribution in [2.45, 2.75) is 3.79 Å². The third-order valence-corrected chi connectivity index (χ3v) is 2.31. The number of hydrogen-bond acceptors (Lipinski definition) is 2. The number of nitrogens with one attached hydrogen (secondary N) is 1. The van der Waals surface area contributed by atoms with Crippen LogP contribution in [0.25, 0.3) is 11.0 Å². The lowest BCUT2D eigenvalue weighted by atomic mass is 10.3. The molecule has 0 saturated carbocycles. The van der Waals surface area contributed by atoms with Crippen molar-refractivity contribution in [2.75, 3.05) is 5.73 Å². The molecule has 0 aliphatic carbocycles. The van der Waals surface area contributed by atoms with E-state index in [0.29, 0.717) is 11.5 Å². The molecular weight excluding hydrogens is 244 g/mol. The molecule has 0 bridgehead atoms. The second-order valence-electron chi connectivity index (χ2n) is 2.86. The van der Waals surface area contributed by atoms with Crippen LogP contribution >= 0.6 is 34.8 Å². The van der Waals surface area contributed by atoms with Gasteiger partial charge in [-0.2, -0.15) is 0 Å². The molecule has 6 heteroatoms. The maximum Gasteiger partial charge on any atom is 0.248 e. The van der Waals surface area contributed by atoms with Crippen LogP contribution in [0.4, 0.5) is 5.69 Å². The SMILES string of the molecule is Nc1ccc2nc(C(Cl)(Cl)Cl)[nH]c2c1. The van der Waals surface area contributed by atoms with E-state index in [1.54, 1.807) is 18.2 Å². The summed E-state index contributed by atoms with van der Waals surface area (Å²) in [7, 11) is 0. The summed E-state index contributed by atoms with van der Waals surface area (Å²) in [4.78, 5) is 7.01. The van der Waals surface area contributed by atoms with E-state index in [-0.39, 0.29) is 0 Å². The number of benzene rings is 1.